The number of halogens is 2. The number of carbonyl (C=O) groups is 1. The summed E-state index contributed by atoms with van der Waals surface area (Å²) in [7, 11) is 0. The van der Waals surface area contributed by atoms with Crippen molar-refractivity contribution >= 4 is 23.5 Å². The molecule has 2 aliphatic heterocycles. The third-order valence-corrected chi connectivity index (χ3v) is 7.72. The Bertz CT molecular complexity index is 1000. The average molecular weight is 473 g/mol. The monoisotopic (exact) mass is 472 g/mol. The van der Waals surface area contributed by atoms with Gasteiger partial charge in [0.05, 0.1) is 11.6 Å². The van der Waals surface area contributed by atoms with Crippen molar-refractivity contribution in [2.24, 2.45) is 5.41 Å². The average Bonchev–Trinajstić information content (AvgIpc) is 3.25. The molecule has 1 spiro atoms. The van der Waals surface area contributed by atoms with Gasteiger partial charge in [0.15, 0.2) is 0 Å². The van der Waals surface area contributed by atoms with Gasteiger partial charge < -0.3 is 14.5 Å². The van der Waals surface area contributed by atoms with Gasteiger partial charge >= 0.3 is 6.09 Å². The molecule has 1 aliphatic carbocycles. The third kappa shape index (κ3) is 4.28. The van der Waals surface area contributed by atoms with Crippen LogP contribution in [0.4, 0.5) is 15.0 Å². The second-order valence-corrected chi connectivity index (χ2v) is 9.85. The molecule has 0 N–H and O–H groups in total. The molecule has 8 heteroatoms. The number of benzene rings is 1. The summed E-state index contributed by atoms with van der Waals surface area (Å²) in [6, 6.07) is 9.06. The number of aromatic nitrogens is 1. The van der Waals surface area contributed by atoms with Gasteiger partial charge in [0, 0.05) is 68.0 Å². The van der Waals surface area contributed by atoms with Crippen molar-refractivity contribution in [2.45, 2.75) is 32.2 Å². The number of likely N-dealkylation sites (tertiary alicyclic amines) is 1. The van der Waals surface area contributed by atoms with Crippen LogP contribution in [-0.2, 0) is 4.74 Å². The van der Waals surface area contributed by atoms with Crippen molar-refractivity contribution in [2.75, 3.05) is 50.8 Å². The Morgan fingerprint density at radius 2 is 2.00 bits per heavy atom. The minimum atomic E-state index is -0.330. The lowest BCUT2D eigenvalue weighted by Gasteiger charge is -2.48. The van der Waals surface area contributed by atoms with Gasteiger partial charge in [-0.25, -0.2) is 14.2 Å². The molecule has 3 fully saturated rings. The third-order valence-electron chi connectivity index (χ3n) is 7.40. The molecule has 1 aromatic carbocycles. The highest BCUT2D eigenvalue weighted by molar-refractivity contribution is 6.33. The Morgan fingerprint density at radius 1 is 1.21 bits per heavy atom. The van der Waals surface area contributed by atoms with Crippen LogP contribution in [-0.4, -0.2) is 72.8 Å². The van der Waals surface area contributed by atoms with E-state index in [2.05, 4.69) is 14.8 Å². The molecule has 33 heavy (non-hydrogen) atoms. The molecule has 3 heterocycles. The first kappa shape index (κ1) is 22.4. The highest BCUT2D eigenvalue weighted by Gasteiger charge is 2.51. The molecule has 5 rings (SSSR count). The predicted octanol–water partition coefficient (Wildman–Crippen LogP) is 4.67. The first-order valence-corrected chi connectivity index (χ1v) is 12.2. The summed E-state index contributed by atoms with van der Waals surface area (Å²) in [6.45, 7) is 7.50. The number of piperazine rings is 1. The summed E-state index contributed by atoms with van der Waals surface area (Å²) in [4.78, 5) is 23.2. The van der Waals surface area contributed by atoms with Gasteiger partial charge in [-0.1, -0.05) is 17.7 Å². The van der Waals surface area contributed by atoms with E-state index in [4.69, 9.17) is 16.3 Å². The van der Waals surface area contributed by atoms with E-state index >= 15 is 0 Å². The lowest BCUT2D eigenvalue weighted by atomic mass is 9.78. The van der Waals surface area contributed by atoms with Crippen molar-refractivity contribution < 1.29 is 13.9 Å². The second-order valence-electron chi connectivity index (χ2n) is 9.45. The van der Waals surface area contributed by atoms with Crippen LogP contribution in [0, 0.1) is 11.2 Å². The first-order valence-electron chi connectivity index (χ1n) is 11.8. The van der Waals surface area contributed by atoms with E-state index in [-0.39, 0.29) is 17.3 Å². The molecule has 0 bridgehead atoms. The number of rotatable bonds is 4. The molecule has 1 amide bonds. The van der Waals surface area contributed by atoms with Crippen LogP contribution < -0.4 is 4.90 Å². The molecule has 0 unspecified atom stereocenters. The van der Waals surface area contributed by atoms with Gasteiger partial charge in [0.25, 0.3) is 0 Å². The highest BCUT2D eigenvalue weighted by Crippen LogP contribution is 2.47. The van der Waals surface area contributed by atoms with Crippen LogP contribution in [0.25, 0.3) is 11.1 Å². The van der Waals surface area contributed by atoms with Crippen LogP contribution >= 0.6 is 11.6 Å². The van der Waals surface area contributed by atoms with Crippen LogP contribution in [0.2, 0.25) is 5.02 Å². The van der Waals surface area contributed by atoms with Crippen molar-refractivity contribution in [1.82, 2.24) is 14.8 Å². The maximum absolute atomic E-state index is 14.6. The maximum atomic E-state index is 14.6. The largest absolute Gasteiger partial charge is 0.450 e. The maximum Gasteiger partial charge on any atom is 0.409 e. The Labute approximate surface area is 199 Å². The fraction of sp³-hybridized carbons (Fsp3) is 0.520. The Morgan fingerprint density at radius 3 is 2.73 bits per heavy atom. The van der Waals surface area contributed by atoms with Gasteiger partial charge in [-0.3, -0.25) is 4.90 Å². The van der Waals surface area contributed by atoms with Gasteiger partial charge in [0.1, 0.15) is 11.6 Å². The number of amides is 1. The van der Waals surface area contributed by atoms with E-state index in [1.165, 1.54) is 18.9 Å². The van der Waals surface area contributed by atoms with Crippen molar-refractivity contribution in [3.63, 3.8) is 0 Å². The first-order chi connectivity index (χ1) is 16.0. The quantitative estimate of drug-likeness (QED) is 0.647. The van der Waals surface area contributed by atoms with E-state index < -0.39 is 0 Å². The van der Waals surface area contributed by atoms with Crippen LogP contribution in [0.5, 0.6) is 0 Å². The van der Waals surface area contributed by atoms with Gasteiger partial charge in [-0.05, 0) is 50.5 Å². The summed E-state index contributed by atoms with van der Waals surface area (Å²) in [5, 5.41) is 0.400. The van der Waals surface area contributed by atoms with Gasteiger partial charge in [-0.2, -0.15) is 0 Å². The molecule has 0 radical (unpaired) electrons. The van der Waals surface area contributed by atoms with Crippen molar-refractivity contribution in [3.8, 4) is 11.1 Å². The molecule has 176 valence electrons. The van der Waals surface area contributed by atoms with Crippen molar-refractivity contribution in [1.29, 1.82) is 0 Å². The number of hydrogen-bond acceptors (Lipinski definition) is 5. The summed E-state index contributed by atoms with van der Waals surface area (Å²) >= 11 is 6.35. The van der Waals surface area contributed by atoms with Crippen LogP contribution in [0.15, 0.2) is 36.5 Å². The number of anilines is 1. The predicted molar refractivity (Wildman–Crippen MR) is 127 cm³/mol. The molecule has 3 aliphatic rings. The Hall–Kier alpha value is -2.38. The molecule has 2 aromatic rings. The Kier molecular flexibility index (Phi) is 6.18. The van der Waals surface area contributed by atoms with Crippen LogP contribution in [0.1, 0.15) is 26.2 Å². The molecular weight excluding hydrogens is 443 g/mol. The molecular formula is C25H30ClFN4O2. The summed E-state index contributed by atoms with van der Waals surface area (Å²) < 4.78 is 19.7. The zero-order chi connectivity index (χ0) is 23.0. The number of carbonyl (C=O) groups excluding carboxylic acids is 1. The fourth-order valence-corrected chi connectivity index (χ4v) is 6.05. The summed E-state index contributed by atoms with van der Waals surface area (Å²) in [5.74, 6) is 0.458. The summed E-state index contributed by atoms with van der Waals surface area (Å²) in [5.41, 5.74) is 1.42. The lowest BCUT2D eigenvalue weighted by molar-refractivity contribution is -0.00294. The van der Waals surface area contributed by atoms with Gasteiger partial charge in [0.2, 0.25) is 0 Å². The van der Waals surface area contributed by atoms with Gasteiger partial charge in [-0.15, -0.1) is 0 Å². The number of pyridine rings is 1. The zero-order valence-electron chi connectivity index (χ0n) is 19.0. The zero-order valence-corrected chi connectivity index (χ0v) is 19.7. The standard InChI is InChI=1S/C25H30ClFN4O2/c1-2-33-24(32)31-16-25(17-31)9-8-18(15-25)29-11-13-30(14-12-29)23-19(5-4-10-28-23)22-20(26)6-3-7-21(22)27/h3-7,10,18H,2,8-9,11-17H2,1H3/t18-/m1/s1. The number of hydrogen-bond donors (Lipinski definition) is 0. The van der Waals surface area contributed by atoms with Crippen LogP contribution in [0.3, 0.4) is 0 Å². The second kappa shape index (κ2) is 9.11. The van der Waals surface area contributed by atoms with Crippen molar-refractivity contribution in [3.05, 3.63) is 47.4 Å². The topological polar surface area (TPSA) is 48.9 Å². The molecule has 6 nitrogen and oxygen atoms in total. The Balaban J connectivity index is 1.22. The van der Waals surface area contributed by atoms with E-state index in [9.17, 15) is 9.18 Å². The minimum absolute atomic E-state index is 0.179. The van der Waals surface area contributed by atoms with E-state index in [0.29, 0.717) is 23.2 Å². The lowest BCUT2D eigenvalue weighted by Crippen LogP contribution is -2.58. The minimum Gasteiger partial charge on any atom is -0.450 e. The molecule has 1 atom stereocenters. The SMILES string of the molecule is CCOC(=O)N1CC2(CC[C@@H](N3CCN(c4ncccc4-c4c(F)cccc4Cl)CC3)C2)C1. The van der Waals surface area contributed by atoms with E-state index in [1.54, 1.807) is 18.3 Å². The molecule has 2 saturated heterocycles. The highest BCUT2D eigenvalue weighted by atomic mass is 35.5. The molecule has 1 saturated carbocycles. The van der Waals surface area contributed by atoms with E-state index in [0.717, 1.165) is 57.1 Å². The normalized spacial score (nSPS) is 22.5. The number of nitrogens with zero attached hydrogens (tertiary/aromatic N) is 4. The molecule has 1 aromatic heterocycles. The fourth-order valence-electron chi connectivity index (χ4n) is 5.78. The summed E-state index contributed by atoms with van der Waals surface area (Å²) in [6.07, 6.45) is 5.07. The van der Waals surface area contributed by atoms with E-state index in [1.807, 2.05) is 24.0 Å². The smallest absolute Gasteiger partial charge is 0.409 e. The number of ether oxygens (including phenoxy) is 1.